The van der Waals surface area contributed by atoms with Crippen molar-refractivity contribution in [2.75, 3.05) is 65.9 Å². The molecule has 0 radical (unpaired) electrons. The van der Waals surface area contributed by atoms with Crippen molar-refractivity contribution in [3.05, 3.63) is 0 Å². The first kappa shape index (κ1) is 23.6. The molecule has 2 N–H and O–H groups in total. The zero-order chi connectivity index (χ0) is 18.2. The summed E-state index contributed by atoms with van der Waals surface area (Å²) >= 11 is 0. The van der Waals surface area contributed by atoms with E-state index < -0.39 is 0 Å². The van der Waals surface area contributed by atoms with Gasteiger partial charge in [0.2, 0.25) is 11.8 Å². The third-order valence-corrected chi connectivity index (χ3v) is 5.53. The van der Waals surface area contributed by atoms with E-state index in [4.69, 9.17) is 0 Å². The normalized spacial score (nSPS) is 11.1. The average molecular weight is 379 g/mol. The van der Waals surface area contributed by atoms with Crippen LogP contribution in [0.3, 0.4) is 0 Å². The van der Waals surface area contributed by atoms with Crippen LogP contribution in [0.25, 0.3) is 0 Å². The van der Waals surface area contributed by atoms with Crippen LogP contribution >= 0.6 is 21.6 Å². The molecule has 0 aromatic rings. The third kappa shape index (κ3) is 17.9. The van der Waals surface area contributed by atoms with Crippen molar-refractivity contribution in [3.63, 3.8) is 0 Å². The van der Waals surface area contributed by atoms with Crippen LogP contribution in [0.5, 0.6) is 0 Å². The SMILES string of the molecule is CN(C)CCCC(=O)NCCSSCCNC(=O)CCCN(C)C. The molecule has 0 spiro atoms. The van der Waals surface area contributed by atoms with Crippen LogP contribution in [0, 0.1) is 0 Å². The average Bonchev–Trinajstić information content (AvgIpc) is 2.49. The predicted molar refractivity (Wildman–Crippen MR) is 107 cm³/mol. The van der Waals surface area contributed by atoms with Crippen LogP contribution in [0.2, 0.25) is 0 Å². The van der Waals surface area contributed by atoms with Gasteiger partial charge in [-0.1, -0.05) is 21.6 Å². The van der Waals surface area contributed by atoms with E-state index >= 15 is 0 Å². The lowest BCUT2D eigenvalue weighted by Gasteiger charge is -2.09. The Morgan fingerprint density at radius 1 is 0.750 bits per heavy atom. The molecule has 0 saturated carbocycles. The van der Waals surface area contributed by atoms with Crippen LogP contribution in [-0.2, 0) is 9.59 Å². The Morgan fingerprint density at radius 3 is 1.46 bits per heavy atom. The fraction of sp³-hybridized carbons (Fsp3) is 0.875. The lowest BCUT2D eigenvalue weighted by molar-refractivity contribution is -0.121. The topological polar surface area (TPSA) is 64.7 Å². The van der Waals surface area contributed by atoms with Crippen molar-refractivity contribution >= 4 is 33.4 Å². The molecule has 0 atom stereocenters. The number of carbonyl (C=O) groups excluding carboxylic acids is 2. The van der Waals surface area contributed by atoms with Crippen molar-refractivity contribution in [2.45, 2.75) is 25.7 Å². The van der Waals surface area contributed by atoms with Crippen LogP contribution in [0.1, 0.15) is 25.7 Å². The van der Waals surface area contributed by atoms with Gasteiger partial charge < -0.3 is 20.4 Å². The minimum atomic E-state index is 0.132. The van der Waals surface area contributed by atoms with Gasteiger partial charge in [0.05, 0.1) is 0 Å². The predicted octanol–water partition coefficient (Wildman–Crippen LogP) is 1.28. The Kier molecular flexibility index (Phi) is 15.8. The van der Waals surface area contributed by atoms with Gasteiger partial charge in [0.1, 0.15) is 0 Å². The maximum atomic E-state index is 11.6. The number of hydrogen-bond donors (Lipinski definition) is 2. The second-order valence-electron chi connectivity index (χ2n) is 6.16. The molecule has 0 aliphatic carbocycles. The van der Waals surface area contributed by atoms with Crippen molar-refractivity contribution in [1.82, 2.24) is 20.4 Å². The Labute approximate surface area is 155 Å². The summed E-state index contributed by atoms with van der Waals surface area (Å²) in [6, 6.07) is 0. The number of rotatable bonds is 15. The summed E-state index contributed by atoms with van der Waals surface area (Å²) in [5.74, 6) is 2.04. The van der Waals surface area contributed by atoms with Gasteiger partial charge >= 0.3 is 0 Å². The second kappa shape index (κ2) is 16.1. The van der Waals surface area contributed by atoms with Crippen LogP contribution in [0.15, 0.2) is 0 Å². The lowest BCUT2D eigenvalue weighted by atomic mass is 10.3. The highest BCUT2D eigenvalue weighted by molar-refractivity contribution is 8.76. The summed E-state index contributed by atoms with van der Waals surface area (Å²) in [7, 11) is 11.5. The zero-order valence-corrected chi connectivity index (χ0v) is 17.2. The highest BCUT2D eigenvalue weighted by Crippen LogP contribution is 2.19. The number of nitrogens with one attached hydrogen (secondary N) is 2. The van der Waals surface area contributed by atoms with Crippen molar-refractivity contribution in [1.29, 1.82) is 0 Å². The molecule has 24 heavy (non-hydrogen) atoms. The molecule has 8 heteroatoms. The molecular weight excluding hydrogens is 344 g/mol. The van der Waals surface area contributed by atoms with E-state index in [-0.39, 0.29) is 11.8 Å². The summed E-state index contributed by atoms with van der Waals surface area (Å²) in [5.41, 5.74) is 0. The summed E-state index contributed by atoms with van der Waals surface area (Å²) in [4.78, 5) is 27.3. The van der Waals surface area contributed by atoms with Crippen LogP contribution in [0.4, 0.5) is 0 Å². The number of amides is 2. The van der Waals surface area contributed by atoms with Gasteiger partial charge in [-0.2, -0.15) is 0 Å². The molecule has 0 fully saturated rings. The van der Waals surface area contributed by atoms with Crippen LogP contribution in [-0.4, -0.2) is 87.5 Å². The first-order chi connectivity index (χ1) is 11.4. The van der Waals surface area contributed by atoms with Gasteiger partial charge in [0.25, 0.3) is 0 Å². The number of hydrogen-bond acceptors (Lipinski definition) is 6. The smallest absolute Gasteiger partial charge is 0.220 e. The van der Waals surface area contributed by atoms with Gasteiger partial charge in [-0.3, -0.25) is 9.59 Å². The molecule has 6 nitrogen and oxygen atoms in total. The Morgan fingerprint density at radius 2 is 1.12 bits per heavy atom. The van der Waals surface area contributed by atoms with Crippen molar-refractivity contribution in [3.8, 4) is 0 Å². The van der Waals surface area contributed by atoms with Crippen molar-refractivity contribution in [2.24, 2.45) is 0 Å². The van der Waals surface area contributed by atoms with E-state index in [0.29, 0.717) is 25.9 Å². The van der Waals surface area contributed by atoms with Crippen molar-refractivity contribution < 1.29 is 9.59 Å². The third-order valence-electron chi connectivity index (χ3n) is 3.12. The molecule has 0 unspecified atom stereocenters. The Balaban J connectivity index is 3.30. The summed E-state index contributed by atoms with van der Waals surface area (Å²) in [6.07, 6.45) is 2.98. The van der Waals surface area contributed by atoms with Crippen LogP contribution < -0.4 is 10.6 Å². The quantitative estimate of drug-likeness (QED) is 0.331. The van der Waals surface area contributed by atoms with E-state index in [9.17, 15) is 9.59 Å². The van der Waals surface area contributed by atoms with E-state index in [0.717, 1.165) is 37.4 Å². The van der Waals surface area contributed by atoms with E-state index in [1.165, 1.54) is 0 Å². The number of carbonyl (C=O) groups is 2. The Hall–Kier alpha value is -0.440. The highest BCUT2D eigenvalue weighted by Gasteiger charge is 2.02. The molecule has 0 aliphatic heterocycles. The minimum Gasteiger partial charge on any atom is -0.355 e. The largest absolute Gasteiger partial charge is 0.355 e. The summed E-state index contributed by atoms with van der Waals surface area (Å²) in [5, 5.41) is 5.86. The fourth-order valence-corrected chi connectivity index (χ4v) is 3.68. The monoisotopic (exact) mass is 378 g/mol. The first-order valence-electron chi connectivity index (χ1n) is 8.49. The molecule has 0 rings (SSSR count). The maximum absolute atomic E-state index is 11.6. The van der Waals surface area contributed by atoms with Gasteiger partial charge in [-0.25, -0.2) is 0 Å². The molecule has 2 amide bonds. The molecule has 0 saturated heterocycles. The van der Waals surface area contributed by atoms with E-state index in [2.05, 4.69) is 20.4 Å². The molecule has 0 heterocycles. The molecule has 0 aromatic heterocycles. The lowest BCUT2D eigenvalue weighted by Crippen LogP contribution is -2.27. The zero-order valence-electron chi connectivity index (χ0n) is 15.6. The first-order valence-corrected chi connectivity index (χ1v) is 11.0. The minimum absolute atomic E-state index is 0.132. The summed E-state index contributed by atoms with van der Waals surface area (Å²) in [6.45, 7) is 3.29. The maximum Gasteiger partial charge on any atom is 0.220 e. The number of nitrogens with zero attached hydrogens (tertiary/aromatic N) is 2. The standard InChI is InChI=1S/C16H34N4O2S2/c1-19(2)11-5-7-15(21)17-9-13-23-24-14-10-18-16(22)8-6-12-20(3)4/h5-14H2,1-4H3,(H,17,21)(H,18,22). The molecule has 0 bridgehead atoms. The molecule has 142 valence electrons. The fourth-order valence-electron chi connectivity index (χ4n) is 1.87. The summed E-state index contributed by atoms with van der Waals surface area (Å²) < 4.78 is 0. The Bertz CT molecular complexity index is 310. The second-order valence-corrected chi connectivity index (χ2v) is 8.86. The van der Waals surface area contributed by atoms with Gasteiger partial charge in [-0.05, 0) is 54.1 Å². The highest BCUT2D eigenvalue weighted by atomic mass is 33.1. The molecule has 0 aliphatic rings. The molecular formula is C16H34N4O2S2. The molecule has 0 aromatic carbocycles. The van der Waals surface area contributed by atoms with E-state index in [1.807, 2.05) is 28.2 Å². The van der Waals surface area contributed by atoms with Gasteiger partial charge in [0, 0.05) is 37.4 Å². The van der Waals surface area contributed by atoms with Gasteiger partial charge in [0.15, 0.2) is 0 Å². The van der Waals surface area contributed by atoms with E-state index in [1.54, 1.807) is 21.6 Å². The van der Waals surface area contributed by atoms with Gasteiger partial charge in [-0.15, -0.1) is 0 Å².